The van der Waals surface area contributed by atoms with E-state index in [-0.39, 0.29) is 11.8 Å². The Hall–Kier alpha value is -3.02. The number of carbonyl (C=O) groups excluding carboxylic acids is 2. The zero-order valence-electron chi connectivity index (χ0n) is 14.3. The normalized spacial score (nSPS) is 22.0. The number of rotatable bonds is 2. The van der Waals surface area contributed by atoms with Crippen molar-refractivity contribution in [1.82, 2.24) is 0 Å². The van der Waals surface area contributed by atoms with Crippen LogP contribution in [0.1, 0.15) is 16.7 Å². The molecule has 0 aliphatic carbocycles. The van der Waals surface area contributed by atoms with Gasteiger partial charge in [0.25, 0.3) is 11.8 Å². The van der Waals surface area contributed by atoms with Gasteiger partial charge in [0.2, 0.25) is 0 Å². The van der Waals surface area contributed by atoms with Crippen molar-refractivity contribution in [1.29, 1.82) is 0 Å². The van der Waals surface area contributed by atoms with Crippen LogP contribution in [0.3, 0.4) is 0 Å². The third-order valence-corrected chi connectivity index (χ3v) is 4.54. The predicted molar refractivity (Wildman–Crippen MR) is 94.5 cm³/mol. The first-order chi connectivity index (χ1) is 12.0. The first kappa shape index (κ1) is 15.5. The lowest BCUT2D eigenvalue weighted by Crippen LogP contribution is -2.39. The number of hydrogen-bond acceptors (Lipinski definition) is 5. The molecule has 25 heavy (non-hydrogen) atoms. The molecule has 2 aliphatic rings. The Labute approximate surface area is 145 Å². The summed E-state index contributed by atoms with van der Waals surface area (Å²) in [5, 5.41) is 9.69. The zero-order chi connectivity index (χ0) is 17.7. The maximum atomic E-state index is 13.0. The van der Waals surface area contributed by atoms with E-state index in [1.807, 2.05) is 63.2 Å². The lowest BCUT2D eigenvalue weighted by molar-refractivity contribution is -0.121. The molecule has 4 rings (SSSR count). The molecule has 0 saturated carbocycles. The van der Waals surface area contributed by atoms with E-state index in [0.29, 0.717) is 5.69 Å². The highest BCUT2D eigenvalue weighted by Gasteiger charge is 2.55. The fourth-order valence-corrected chi connectivity index (χ4v) is 3.41. The second-order valence-electron chi connectivity index (χ2n) is 6.63. The highest BCUT2D eigenvalue weighted by Crippen LogP contribution is 2.35. The number of aryl methyl sites for hydroxylation is 3. The number of hydrogen-bond donors (Lipinski definition) is 0. The molecule has 6 nitrogen and oxygen atoms in total. The topological polar surface area (TPSA) is 65.3 Å². The highest BCUT2D eigenvalue weighted by molar-refractivity contribution is 6.26. The fourth-order valence-electron chi connectivity index (χ4n) is 3.41. The van der Waals surface area contributed by atoms with E-state index < -0.39 is 12.1 Å². The second kappa shape index (κ2) is 5.51. The summed E-state index contributed by atoms with van der Waals surface area (Å²) >= 11 is 0. The lowest BCUT2D eigenvalue weighted by Gasteiger charge is -2.21. The van der Waals surface area contributed by atoms with Gasteiger partial charge < -0.3 is 0 Å². The first-order valence-electron chi connectivity index (χ1n) is 8.18. The molecule has 1 saturated heterocycles. The van der Waals surface area contributed by atoms with Crippen LogP contribution in [0.4, 0.5) is 11.4 Å². The summed E-state index contributed by atoms with van der Waals surface area (Å²) in [6, 6.07) is 11.9. The number of imide groups is 1. The van der Waals surface area contributed by atoms with Crippen LogP contribution >= 0.6 is 0 Å². The first-order valence-corrected chi connectivity index (χ1v) is 8.18. The molecule has 2 aromatic carbocycles. The van der Waals surface area contributed by atoms with Crippen LogP contribution in [-0.4, -0.2) is 23.9 Å². The van der Waals surface area contributed by atoms with E-state index in [9.17, 15) is 9.59 Å². The molecular formula is C19H18N4O2. The summed E-state index contributed by atoms with van der Waals surface area (Å²) in [6.45, 7) is 5.88. The van der Waals surface area contributed by atoms with Gasteiger partial charge in [0.05, 0.1) is 11.4 Å². The minimum absolute atomic E-state index is 0.287. The SMILES string of the molecule is Cc1ccc(N2N=N[C@@H]3C(=O)N(c4cc(C)cc(C)c4)C(=O)[C@@H]32)cc1. The Morgan fingerprint density at radius 3 is 2.08 bits per heavy atom. The molecule has 0 N–H and O–H groups in total. The Kier molecular flexibility index (Phi) is 3.42. The van der Waals surface area contributed by atoms with E-state index >= 15 is 0 Å². The van der Waals surface area contributed by atoms with Gasteiger partial charge in [-0.05, 0) is 56.2 Å². The average molecular weight is 334 g/mol. The summed E-state index contributed by atoms with van der Waals surface area (Å²) in [6.07, 6.45) is 0. The average Bonchev–Trinajstić information content (AvgIpc) is 3.08. The Balaban J connectivity index is 1.71. The van der Waals surface area contributed by atoms with Crippen LogP contribution in [0.25, 0.3) is 0 Å². The smallest absolute Gasteiger partial charge is 0.263 e. The van der Waals surface area contributed by atoms with E-state index in [1.54, 1.807) is 5.01 Å². The maximum absolute atomic E-state index is 13.0. The number of anilines is 2. The summed E-state index contributed by atoms with van der Waals surface area (Å²) < 4.78 is 0. The lowest BCUT2D eigenvalue weighted by atomic mass is 10.1. The molecule has 2 atom stereocenters. The Morgan fingerprint density at radius 1 is 0.800 bits per heavy atom. The van der Waals surface area contributed by atoms with Gasteiger partial charge in [-0.3, -0.25) is 9.59 Å². The molecule has 6 heteroatoms. The van der Waals surface area contributed by atoms with Gasteiger partial charge >= 0.3 is 0 Å². The summed E-state index contributed by atoms with van der Waals surface area (Å²) in [5.41, 5.74) is 4.47. The third kappa shape index (κ3) is 2.41. The summed E-state index contributed by atoms with van der Waals surface area (Å²) in [5.74, 6) is -0.607. The Morgan fingerprint density at radius 2 is 1.44 bits per heavy atom. The van der Waals surface area contributed by atoms with Crippen molar-refractivity contribution in [3.05, 3.63) is 59.2 Å². The number of fused-ring (bicyclic) bond motifs is 1. The van der Waals surface area contributed by atoms with Gasteiger partial charge in [0, 0.05) is 0 Å². The molecular weight excluding hydrogens is 316 g/mol. The van der Waals surface area contributed by atoms with Crippen LogP contribution in [0.5, 0.6) is 0 Å². The van der Waals surface area contributed by atoms with Gasteiger partial charge in [0.1, 0.15) is 0 Å². The molecule has 126 valence electrons. The van der Waals surface area contributed by atoms with Crippen molar-refractivity contribution in [3.63, 3.8) is 0 Å². The van der Waals surface area contributed by atoms with Gasteiger partial charge in [-0.15, -0.1) is 0 Å². The van der Waals surface area contributed by atoms with Gasteiger partial charge in [0.15, 0.2) is 12.1 Å². The highest BCUT2D eigenvalue weighted by atomic mass is 16.2. The van der Waals surface area contributed by atoms with Crippen LogP contribution in [-0.2, 0) is 9.59 Å². The molecule has 2 aliphatic heterocycles. The molecule has 2 amide bonds. The van der Waals surface area contributed by atoms with E-state index in [2.05, 4.69) is 10.3 Å². The van der Waals surface area contributed by atoms with Crippen LogP contribution in [0.2, 0.25) is 0 Å². The third-order valence-electron chi connectivity index (χ3n) is 4.54. The van der Waals surface area contributed by atoms with E-state index in [4.69, 9.17) is 0 Å². The van der Waals surface area contributed by atoms with Crippen LogP contribution in [0, 0.1) is 20.8 Å². The van der Waals surface area contributed by atoms with Gasteiger partial charge in [-0.25, -0.2) is 9.91 Å². The molecule has 1 fully saturated rings. The second-order valence-corrected chi connectivity index (χ2v) is 6.63. The molecule has 0 radical (unpaired) electrons. The number of nitrogens with zero attached hydrogens (tertiary/aromatic N) is 4. The van der Waals surface area contributed by atoms with Crippen LogP contribution < -0.4 is 9.91 Å². The molecule has 0 aromatic heterocycles. The van der Waals surface area contributed by atoms with Crippen molar-refractivity contribution in [2.24, 2.45) is 10.3 Å². The van der Waals surface area contributed by atoms with Crippen molar-refractivity contribution >= 4 is 23.2 Å². The Bertz CT molecular complexity index is 884. The molecule has 0 unspecified atom stereocenters. The summed E-state index contributed by atoms with van der Waals surface area (Å²) in [4.78, 5) is 27.0. The largest absolute Gasteiger partial charge is 0.271 e. The quantitative estimate of drug-likeness (QED) is 0.793. The summed E-state index contributed by atoms with van der Waals surface area (Å²) in [7, 11) is 0. The monoisotopic (exact) mass is 334 g/mol. The van der Waals surface area contributed by atoms with Crippen molar-refractivity contribution in [2.75, 3.05) is 9.91 Å². The minimum Gasteiger partial charge on any atom is -0.271 e. The predicted octanol–water partition coefficient (Wildman–Crippen LogP) is 3.11. The van der Waals surface area contributed by atoms with Crippen molar-refractivity contribution in [3.8, 4) is 0 Å². The van der Waals surface area contributed by atoms with Crippen LogP contribution in [0.15, 0.2) is 52.8 Å². The minimum atomic E-state index is -0.783. The van der Waals surface area contributed by atoms with Gasteiger partial charge in [-0.2, -0.15) is 5.11 Å². The number of carbonyl (C=O) groups is 2. The van der Waals surface area contributed by atoms with Crippen molar-refractivity contribution in [2.45, 2.75) is 32.9 Å². The fraction of sp³-hybridized carbons (Fsp3) is 0.263. The maximum Gasteiger partial charge on any atom is 0.263 e. The molecule has 2 aromatic rings. The zero-order valence-corrected chi connectivity index (χ0v) is 14.3. The standard InChI is InChI=1S/C19H18N4O2/c1-11-4-6-14(7-5-11)23-17-16(20-21-23)18(24)22(19(17)25)15-9-12(2)8-13(3)10-15/h4-10,16-17H,1-3H3/t16-,17+/m0/s1. The van der Waals surface area contributed by atoms with Gasteiger partial charge in [-0.1, -0.05) is 29.0 Å². The van der Waals surface area contributed by atoms with E-state index in [1.165, 1.54) is 4.90 Å². The molecule has 0 bridgehead atoms. The number of amides is 2. The number of benzene rings is 2. The van der Waals surface area contributed by atoms with E-state index in [0.717, 1.165) is 22.4 Å². The van der Waals surface area contributed by atoms with Crippen molar-refractivity contribution < 1.29 is 9.59 Å². The molecule has 0 spiro atoms. The molecule has 2 heterocycles.